The van der Waals surface area contributed by atoms with Crippen LogP contribution in [-0.4, -0.2) is 72.5 Å². The number of benzene rings is 1. The van der Waals surface area contributed by atoms with Crippen molar-refractivity contribution in [2.24, 2.45) is 11.8 Å². The third-order valence-corrected chi connectivity index (χ3v) is 6.33. The minimum absolute atomic E-state index is 0.0262. The molecule has 2 rings (SSSR count). The van der Waals surface area contributed by atoms with Crippen LogP contribution in [0.25, 0.3) is 0 Å². The minimum atomic E-state index is -0.888. The Bertz CT molecular complexity index is 826. The third kappa shape index (κ3) is 10.3. The van der Waals surface area contributed by atoms with E-state index in [-0.39, 0.29) is 30.5 Å². The van der Waals surface area contributed by atoms with Crippen molar-refractivity contribution < 1.29 is 33.8 Å². The lowest BCUT2D eigenvalue weighted by atomic mass is 9.89. The van der Waals surface area contributed by atoms with Gasteiger partial charge in [-0.15, -0.1) is 0 Å². The summed E-state index contributed by atoms with van der Waals surface area (Å²) in [6.45, 7) is 4.94. The number of hydrogen-bond donors (Lipinski definition) is 1. The van der Waals surface area contributed by atoms with E-state index in [1.165, 1.54) is 6.92 Å². The number of carboxylic acid groups (broad SMARTS) is 1. The maximum absolute atomic E-state index is 13.1. The lowest BCUT2D eigenvalue weighted by molar-refractivity contribution is -0.145. The van der Waals surface area contributed by atoms with Crippen LogP contribution in [0.1, 0.15) is 57.9 Å². The molecule has 8 heteroatoms. The number of aliphatic carboxylic acids is 1. The number of likely N-dealkylation sites (tertiary alicyclic amines) is 1. The fourth-order valence-corrected chi connectivity index (χ4v) is 4.45. The second-order valence-corrected chi connectivity index (χ2v) is 9.32. The Morgan fingerprint density at radius 1 is 1.09 bits per heavy atom. The van der Waals surface area contributed by atoms with Gasteiger partial charge in [0.2, 0.25) is 5.91 Å². The molecule has 0 radical (unpaired) electrons. The second kappa shape index (κ2) is 15.4. The van der Waals surface area contributed by atoms with Crippen molar-refractivity contribution in [2.45, 2.75) is 64.8 Å². The molecule has 194 valence electrons. The molecule has 1 aromatic carbocycles. The summed E-state index contributed by atoms with van der Waals surface area (Å²) >= 11 is 0. The zero-order valence-electron chi connectivity index (χ0n) is 20.9. The summed E-state index contributed by atoms with van der Waals surface area (Å²) in [4.78, 5) is 50.2. The van der Waals surface area contributed by atoms with E-state index in [1.54, 1.807) is 11.8 Å². The van der Waals surface area contributed by atoms with E-state index >= 15 is 0 Å². The van der Waals surface area contributed by atoms with Crippen LogP contribution in [0, 0.1) is 11.8 Å². The van der Waals surface area contributed by atoms with Crippen molar-refractivity contribution in [3.05, 3.63) is 35.9 Å². The largest absolute Gasteiger partial charge is 0.481 e. The number of aryl methyl sites for hydroxylation is 1. The van der Waals surface area contributed by atoms with E-state index in [1.807, 2.05) is 30.3 Å². The number of amides is 1. The van der Waals surface area contributed by atoms with E-state index < -0.39 is 23.8 Å². The van der Waals surface area contributed by atoms with Crippen molar-refractivity contribution in [1.29, 1.82) is 0 Å². The van der Waals surface area contributed by atoms with Gasteiger partial charge in [0, 0.05) is 25.5 Å². The van der Waals surface area contributed by atoms with Crippen LogP contribution in [0.4, 0.5) is 0 Å². The molecule has 1 amide bonds. The molecule has 3 atom stereocenters. The first-order valence-corrected chi connectivity index (χ1v) is 12.5. The van der Waals surface area contributed by atoms with Gasteiger partial charge in [-0.25, -0.2) is 0 Å². The van der Waals surface area contributed by atoms with Crippen LogP contribution < -0.4 is 0 Å². The van der Waals surface area contributed by atoms with Crippen molar-refractivity contribution >= 4 is 23.4 Å². The first-order valence-electron chi connectivity index (χ1n) is 12.5. The second-order valence-electron chi connectivity index (χ2n) is 9.32. The average Bonchev–Trinajstić information content (AvgIpc) is 3.33. The maximum atomic E-state index is 13.1. The van der Waals surface area contributed by atoms with E-state index in [0.29, 0.717) is 58.5 Å². The molecule has 35 heavy (non-hydrogen) atoms. The Labute approximate surface area is 208 Å². The summed E-state index contributed by atoms with van der Waals surface area (Å²) in [7, 11) is 0. The van der Waals surface area contributed by atoms with Gasteiger partial charge >= 0.3 is 5.97 Å². The number of hydrogen-bond acceptors (Lipinski definition) is 6. The summed E-state index contributed by atoms with van der Waals surface area (Å²) in [6, 6.07) is 9.30. The first-order chi connectivity index (χ1) is 16.8. The number of carbonyl (C=O) groups is 4. The Balaban J connectivity index is 1.76. The molecule has 0 spiro atoms. The molecule has 1 saturated heterocycles. The summed E-state index contributed by atoms with van der Waals surface area (Å²) < 4.78 is 10.6. The number of ether oxygens (including phenoxy) is 2. The van der Waals surface area contributed by atoms with Gasteiger partial charge in [-0.05, 0) is 51.0 Å². The van der Waals surface area contributed by atoms with Crippen LogP contribution in [-0.2, 0) is 35.1 Å². The molecule has 1 N–H and O–H groups in total. The van der Waals surface area contributed by atoms with E-state index in [9.17, 15) is 24.3 Å². The van der Waals surface area contributed by atoms with Crippen LogP contribution in [0.5, 0.6) is 0 Å². The van der Waals surface area contributed by atoms with Gasteiger partial charge < -0.3 is 19.5 Å². The summed E-state index contributed by atoms with van der Waals surface area (Å²) in [5, 5.41) is 9.69. The van der Waals surface area contributed by atoms with Crippen molar-refractivity contribution in [1.82, 2.24) is 4.90 Å². The monoisotopic (exact) mass is 489 g/mol. The highest BCUT2D eigenvalue weighted by Crippen LogP contribution is 2.26. The summed E-state index contributed by atoms with van der Waals surface area (Å²) in [6.07, 6.45) is 3.68. The molecule has 1 heterocycles. The summed E-state index contributed by atoms with van der Waals surface area (Å²) in [5.41, 5.74) is 1.08. The highest BCUT2D eigenvalue weighted by molar-refractivity contribution is 5.90. The normalized spacial score (nSPS) is 17.2. The lowest BCUT2D eigenvalue weighted by Gasteiger charge is -2.28. The number of ketones is 2. The molecule has 0 bridgehead atoms. The van der Waals surface area contributed by atoms with Crippen LogP contribution in [0.15, 0.2) is 30.3 Å². The number of Topliss-reactive ketones (excluding diaryl/α,β-unsaturated/α-hetero) is 2. The Morgan fingerprint density at radius 2 is 1.80 bits per heavy atom. The van der Waals surface area contributed by atoms with E-state index in [0.717, 1.165) is 12.0 Å². The van der Waals surface area contributed by atoms with Gasteiger partial charge in [0.05, 0.1) is 25.2 Å². The zero-order chi connectivity index (χ0) is 25.6. The Morgan fingerprint density at radius 3 is 2.49 bits per heavy atom. The minimum Gasteiger partial charge on any atom is -0.481 e. The summed E-state index contributed by atoms with van der Waals surface area (Å²) in [5.74, 6) is -2.10. The van der Waals surface area contributed by atoms with Crippen LogP contribution in [0.3, 0.4) is 0 Å². The molecule has 0 aliphatic carbocycles. The highest BCUT2D eigenvalue weighted by Gasteiger charge is 2.36. The number of carbonyl (C=O) groups excluding carboxylic acids is 3. The number of rotatable bonds is 17. The van der Waals surface area contributed by atoms with Crippen LogP contribution in [0.2, 0.25) is 0 Å². The van der Waals surface area contributed by atoms with Gasteiger partial charge in [-0.2, -0.15) is 0 Å². The number of carboxylic acids is 1. The van der Waals surface area contributed by atoms with E-state index in [2.05, 4.69) is 0 Å². The predicted molar refractivity (Wildman–Crippen MR) is 131 cm³/mol. The van der Waals surface area contributed by atoms with Gasteiger partial charge in [0.1, 0.15) is 6.61 Å². The highest BCUT2D eigenvalue weighted by atomic mass is 16.5. The quantitative estimate of drug-likeness (QED) is 0.334. The van der Waals surface area contributed by atoms with Gasteiger partial charge in [0.25, 0.3) is 0 Å². The molecular formula is C27H39NO7. The fourth-order valence-electron chi connectivity index (χ4n) is 4.45. The van der Waals surface area contributed by atoms with Gasteiger partial charge in [-0.1, -0.05) is 37.3 Å². The Hall–Kier alpha value is -2.58. The fraction of sp³-hybridized carbons (Fsp3) is 0.630. The smallest absolute Gasteiger partial charge is 0.306 e. The molecule has 2 unspecified atom stereocenters. The molecule has 8 nitrogen and oxygen atoms in total. The SMILES string of the molecule is CC(=O)COCCOCCCC(=O)C1CCCN1C(=O)[C@H](C)CC(CCc1ccccc1)C(=O)O. The molecule has 1 aromatic rings. The van der Waals surface area contributed by atoms with E-state index in [4.69, 9.17) is 9.47 Å². The molecule has 1 fully saturated rings. The number of nitrogens with zero attached hydrogens (tertiary/aromatic N) is 1. The molecule has 0 aromatic heterocycles. The molecule has 1 aliphatic rings. The molecular weight excluding hydrogens is 450 g/mol. The molecule has 1 aliphatic heterocycles. The zero-order valence-corrected chi connectivity index (χ0v) is 20.9. The molecule has 0 saturated carbocycles. The Kier molecular flexibility index (Phi) is 12.6. The topological polar surface area (TPSA) is 110 Å². The lowest BCUT2D eigenvalue weighted by Crippen LogP contribution is -2.43. The maximum Gasteiger partial charge on any atom is 0.306 e. The van der Waals surface area contributed by atoms with Gasteiger partial charge in [0.15, 0.2) is 11.6 Å². The van der Waals surface area contributed by atoms with Crippen molar-refractivity contribution in [2.75, 3.05) is 33.0 Å². The van der Waals surface area contributed by atoms with Crippen molar-refractivity contribution in [3.8, 4) is 0 Å². The van der Waals surface area contributed by atoms with Crippen LogP contribution >= 0.6 is 0 Å². The van der Waals surface area contributed by atoms with Crippen molar-refractivity contribution in [3.63, 3.8) is 0 Å². The van der Waals surface area contributed by atoms with Gasteiger partial charge in [-0.3, -0.25) is 19.2 Å². The standard InChI is InChI=1S/C27H39NO7/c1-20(18-23(27(32)33)13-12-22-8-4-3-5-9-22)26(31)28-14-6-10-24(28)25(30)11-7-15-34-16-17-35-19-21(2)29/h3-5,8-9,20,23-24H,6-7,10-19H2,1-2H3,(H,32,33)/t20-,23?,24?/m1/s1. The predicted octanol–water partition coefficient (Wildman–Crippen LogP) is 3.31. The third-order valence-electron chi connectivity index (χ3n) is 6.33. The first kappa shape index (κ1) is 28.7. The average molecular weight is 490 g/mol.